The second-order valence-electron chi connectivity index (χ2n) is 5.39. The van der Waals surface area contributed by atoms with E-state index in [0.717, 1.165) is 29.1 Å². The van der Waals surface area contributed by atoms with Crippen LogP contribution in [0.4, 0.5) is 0 Å². The van der Waals surface area contributed by atoms with E-state index in [9.17, 15) is 9.90 Å². The molecule has 0 spiro atoms. The highest BCUT2D eigenvalue weighted by molar-refractivity contribution is 5.91. The summed E-state index contributed by atoms with van der Waals surface area (Å²) in [5.41, 5.74) is 4.96. The molecule has 0 saturated carbocycles. The van der Waals surface area contributed by atoms with E-state index in [1.165, 1.54) is 5.56 Å². The monoisotopic (exact) mass is 306 g/mol. The Bertz CT molecular complexity index is 851. The summed E-state index contributed by atoms with van der Waals surface area (Å²) in [6.45, 7) is 3.94. The van der Waals surface area contributed by atoms with Crippen molar-refractivity contribution in [2.45, 2.75) is 20.3 Å². The maximum Gasteiger partial charge on any atom is 0.337 e. The normalized spacial score (nSPS) is 10.7. The third-order valence-electron chi connectivity index (χ3n) is 4.05. The maximum absolute atomic E-state index is 11.6. The van der Waals surface area contributed by atoms with Crippen molar-refractivity contribution >= 4 is 5.97 Å². The summed E-state index contributed by atoms with van der Waals surface area (Å²) in [7, 11) is 0. The zero-order valence-corrected chi connectivity index (χ0v) is 13.2. The van der Waals surface area contributed by atoms with Gasteiger partial charge in [0.05, 0.1) is 11.3 Å². The minimum atomic E-state index is -0.916. The SMILES string of the molecule is CCc1ccccc1-n1c(-c2cccnc2)cc(C(=O)O)c1C. The fraction of sp³-hybridized carbons (Fsp3) is 0.158. The number of aromatic nitrogens is 2. The van der Waals surface area contributed by atoms with Gasteiger partial charge in [0.25, 0.3) is 0 Å². The fourth-order valence-electron chi connectivity index (χ4n) is 2.89. The van der Waals surface area contributed by atoms with Gasteiger partial charge in [-0.2, -0.15) is 0 Å². The van der Waals surface area contributed by atoms with Crippen molar-refractivity contribution in [2.24, 2.45) is 0 Å². The van der Waals surface area contributed by atoms with E-state index in [-0.39, 0.29) is 0 Å². The number of aryl methyl sites for hydroxylation is 1. The van der Waals surface area contributed by atoms with E-state index in [1.807, 2.05) is 41.8 Å². The summed E-state index contributed by atoms with van der Waals surface area (Å²) >= 11 is 0. The summed E-state index contributed by atoms with van der Waals surface area (Å²) in [6.07, 6.45) is 4.34. The van der Waals surface area contributed by atoms with E-state index in [4.69, 9.17) is 0 Å². The van der Waals surface area contributed by atoms with Gasteiger partial charge in [-0.15, -0.1) is 0 Å². The van der Waals surface area contributed by atoms with Crippen LogP contribution in [0.5, 0.6) is 0 Å². The molecule has 0 aliphatic rings. The predicted molar refractivity (Wildman–Crippen MR) is 90.1 cm³/mol. The van der Waals surface area contributed by atoms with E-state index < -0.39 is 5.97 Å². The molecule has 0 aliphatic heterocycles. The molecule has 0 unspecified atom stereocenters. The molecule has 0 bridgehead atoms. The Labute approximate surface area is 135 Å². The predicted octanol–water partition coefficient (Wildman–Crippen LogP) is 4.11. The van der Waals surface area contributed by atoms with Gasteiger partial charge in [-0.1, -0.05) is 25.1 Å². The molecule has 23 heavy (non-hydrogen) atoms. The molecule has 0 fully saturated rings. The molecule has 1 aromatic carbocycles. The largest absolute Gasteiger partial charge is 0.478 e. The van der Waals surface area contributed by atoms with E-state index in [0.29, 0.717) is 5.56 Å². The van der Waals surface area contributed by atoms with Crippen LogP contribution in [-0.4, -0.2) is 20.6 Å². The summed E-state index contributed by atoms with van der Waals surface area (Å²) < 4.78 is 2.01. The average Bonchev–Trinajstić information content (AvgIpc) is 2.93. The molecular weight excluding hydrogens is 288 g/mol. The molecular formula is C19H18N2O2. The average molecular weight is 306 g/mol. The molecule has 2 aromatic heterocycles. The van der Waals surface area contributed by atoms with Crippen LogP contribution < -0.4 is 0 Å². The zero-order valence-electron chi connectivity index (χ0n) is 13.2. The molecule has 2 heterocycles. The van der Waals surface area contributed by atoms with Crippen LogP contribution in [0.25, 0.3) is 16.9 Å². The maximum atomic E-state index is 11.6. The van der Waals surface area contributed by atoms with Gasteiger partial charge in [0, 0.05) is 29.3 Å². The van der Waals surface area contributed by atoms with Crippen molar-refractivity contribution in [1.82, 2.24) is 9.55 Å². The van der Waals surface area contributed by atoms with Crippen molar-refractivity contribution in [2.75, 3.05) is 0 Å². The molecule has 0 saturated heterocycles. The first-order valence-corrected chi connectivity index (χ1v) is 7.57. The number of para-hydroxylation sites is 1. The third-order valence-corrected chi connectivity index (χ3v) is 4.05. The molecule has 4 nitrogen and oxygen atoms in total. The third kappa shape index (κ3) is 2.63. The fourth-order valence-corrected chi connectivity index (χ4v) is 2.89. The Balaban J connectivity index is 2.33. The summed E-state index contributed by atoms with van der Waals surface area (Å²) in [4.78, 5) is 15.7. The highest BCUT2D eigenvalue weighted by Gasteiger charge is 2.20. The lowest BCUT2D eigenvalue weighted by Gasteiger charge is -2.15. The first-order valence-electron chi connectivity index (χ1n) is 7.57. The quantitative estimate of drug-likeness (QED) is 0.789. The molecule has 4 heteroatoms. The summed E-state index contributed by atoms with van der Waals surface area (Å²) in [5, 5.41) is 9.49. The van der Waals surface area contributed by atoms with Gasteiger partial charge in [-0.05, 0) is 43.2 Å². The second-order valence-corrected chi connectivity index (χ2v) is 5.39. The number of hydrogen-bond donors (Lipinski definition) is 1. The summed E-state index contributed by atoms with van der Waals surface area (Å²) in [6, 6.07) is 13.6. The van der Waals surface area contributed by atoms with Crippen LogP contribution in [-0.2, 0) is 6.42 Å². The van der Waals surface area contributed by atoms with Gasteiger partial charge in [0.1, 0.15) is 0 Å². The number of carboxylic acid groups (broad SMARTS) is 1. The number of nitrogens with zero attached hydrogens (tertiary/aromatic N) is 2. The first-order chi connectivity index (χ1) is 11.1. The van der Waals surface area contributed by atoms with Crippen molar-refractivity contribution in [3.63, 3.8) is 0 Å². The number of carbonyl (C=O) groups is 1. The Hall–Kier alpha value is -2.88. The number of rotatable bonds is 4. The topological polar surface area (TPSA) is 55.1 Å². The van der Waals surface area contributed by atoms with Gasteiger partial charge in [-0.3, -0.25) is 4.98 Å². The summed E-state index contributed by atoms with van der Waals surface area (Å²) in [5.74, 6) is -0.916. The highest BCUT2D eigenvalue weighted by Crippen LogP contribution is 2.30. The van der Waals surface area contributed by atoms with E-state index >= 15 is 0 Å². The Morgan fingerprint density at radius 1 is 1.22 bits per heavy atom. The number of hydrogen-bond acceptors (Lipinski definition) is 2. The van der Waals surface area contributed by atoms with Crippen LogP contribution in [0.15, 0.2) is 54.9 Å². The van der Waals surface area contributed by atoms with Gasteiger partial charge in [-0.25, -0.2) is 4.79 Å². The van der Waals surface area contributed by atoms with Crippen molar-refractivity contribution in [3.05, 3.63) is 71.7 Å². The van der Waals surface area contributed by atoms with Gasteiger partial charge in [0.15, 0.2) is 0 Å². The van der Waals surface area contributed by atoms with Crippen LogP contribution >= 0.6 is 0 Å². The van der Waals surface area contributed by atoms with E-state index in [1.54, 1.807) is 18.5 Å². The molecule has 116 valence electrons. The van der Waals surface area contributed by atoms with E-state index in [2.05, 4.69) is 18.0 Å². The van der Waals surface area contributed by atoms with Crippen LogP contribution in [0.2, 0.25) is 0 Å². The molecule has 1 N–H and O–H groups in total. The molecule has 0 atom stereocenters. The first kappa shape index (κ1) is 15.0. The van der Waals surface area contributed by atoms with Crippen LogP contribution in [0.1, 0.15) is 28.5 Å². The van der Waals surface area contributed by atoms with Crippen LogP contribution in [0.3, 0.4) is 0 Å². The Morgan fingerprint density at radius 3 is 2.65 bits per heavy atom. The molecule has 0 amide bonds. The lowest BCUT2D eigenvalue weighted by atomic mass is 10.1. The second kappa shape index (κ2) is 6.08. The minimum Gasteiger partial charge on any atom is -0.478 e. The number of pyridine rings is 1. The number of benzene rings is 1. The van der Waals surface area contributed by atoms with Gasteiger partial charge in [0.2, 0.25) is 0 Å². The number of carboxylic acids is 1. The molecule has 3 rings (SSSR count). The lowest BCUT2D eigenvalue weighted by molar-refractivity contribution is 0.0696. The van der Waals surface area contributed by atoms with Crippen molar-refractivity contribution in [1.29, 1.82) is 0 Å². The molecule has 0 radical (unpaired) electrons. The smallest absolute Gasteiger partial charge is 0.337 e. The van der Waals surface area contributed by atoms with Gasteiger partial charge >= 0.3 is 5.97 Å². The Morgan fingerprint density at radius 2 is 2.00 bits per heavy atom. The van der Waals surface area contributed by atoms with Crippen LogP contribution in [0, 0.1) is 6.92 Å². The standard InChI is InChI=1S/C19H18N2O2/c1-3-14-7-4-5-9-17(14)21-13(2)16(19(22)23)11-18(21)15-8-6-10-20-12-15/h4-12H,3H2,1-2H3,(H,22,23). The molecule has 0 aliphatic carbocycles. The van der Waals surface area contributed by atoms with Gasteiger partial charge < -0.3 is 9.67 Å². The molecule has 3 aromatic rings. The minimum absolute atomic E-state index is 0.315. The van der Waals surface area contributed by atoms with Crippen molar-refractivity contribution in [3.8, 4) is 16.9 Å². The zero-order chi connectivity index (χ0) is 16.4. The number of aromatic carboxylic acids is 1. The van der Waals surface area contributed by atoms with Crippen molar-refractivity contribution < 1.29 is 9.90 Å². The lowest BCUT2D eigenvalue weighted by Crippen LogP contribution is -2.05. The highest BCUT2D eigenvalue weighted by atomic mass is 16.4. The Kier molecular flexibility index (Phi) is 3.98.